The summed E-state index contributed by atoms with van der Waals surface area (Å²) < 4.78 is 0. The molecule has 1 N–H and O–H groups in total. The van der Waals surface area contributed by atoms with E-state index in [2.05, 4.69) is 38.2 Å². The Kier molecular flexibility index (Phi) is 4.42. The van der Waals surface area contributed by atoms with Crippen molar-refractivity contribution in [1.29, 1.82) is 0 Å². The van der Waals surface area contributed by atoms with Crippen molar-refractivity contribution in [3.8, 4) is 0 Å². The van der Waals surface area contributed by atoms with Gasteiger partial charge in [0.1, 0.15) is 6.54 Å². The van der Waals surface area contributed by atoms with Gasteiger partial charge in [0, 0.05) is 10.9 Å². The van der Waals surface area contributed by atoms with Crippen molar-refractivity contribution in [1.82, 2.24) is 5.32 Å². The van der Waals surface area contributed by atoms with Crippen LogP contribution in [0.3, 0.4) is 0 Å². The highest BCUT2D eigenvalue weighted by molar-refractivity contribution is 6.26. The van der Waals surface area contributed by atoms with Crippen LogP contribution >= 0.6 is 0 Å². The highest BCUT2D eigenvalue weighted by Gasteiger charge is 2.31. The molecule has 0 saturated carbocycles. The lowest BCUT2D eigenvalue weighted by Gasteiger charge is -2.21. The van der Waals surface area contributed by atoms with Crippen LogP contribution in [0.5, 0.6) is 0 Å². The van der Waals surface area contributed by atoms with Crippen molar-refractivity contribution in [2.45, 2.75) is 33.7 Å². The van der Waals surface area contributed by atoms with Gasteiger partial charge in [-0.1, -0.05) is 36.4 Å². The fraction of sp³-hybridized carbons (Fsp3) is 0.250. The zero-order chi connectivity index (χ0) is 20.0. The molecule has 4 nitrogen and oxygen atoms in total. The summed E-state index contributed by atoms with van der Waals surface area (Å²) >= 11 is 0. The van der Waals surface area contributed by atoms with E-state index < -0.39 is 0 Å². The number of hydrogen-bond acceptors (Lipinski definition) is 2. The van der Waals surface area contributed by atoms with Crippen molar-refractivity contribution in [2.75, 3.05) is 11.4 Å². The summed E-state index contributed by atoms with van der Waals surface area (Å²) in [6, 6.07) is 15.7. The third-order valence-electron chi connectivity index (χ3n) is 5.68. The minimum Gasteiger partial charge on any atom is -0.348 e. The van der Waals surface area contributed by atoms with Crippen LogP contribution in [0.25, 0.3) is 10.8 Å². The number of hydrogen-bond donors (Lipinski definition) is 1. The third kappa shape index (κ3) is 2.95. The van der Waals surface area contributed by atoms with Crippen molar-refractivity contribution in [3.63, 3.8) is 0 Å². The smallest absolute Gasteiger partial charge is 0.259 e. The van der Waals surface area contributed by atoms with Crippen molar-refractivity contribution < 1.29 is 9.59 Å². The molecular weight excluding hydrogens is 348 g/mol. The number of carbonyl (C=O) groups excluding carboxylic acids is 2. The van der Waals surface area contributed by atoms with Crippen molar-refractivity contribution >= 4 is 28.3 Å². The molecule has 1 aliphatic heterocycles. The van der Waals surface area contributed by atoms with E-state index in [0.717, 1.165) is 27.6 Å². The van der Waals surface area contributed by atoms with E-state index in [0.29, 0.717) is 5.56 Å². The van der Waals surface area contributed by atoms with Gasteiger partial charge in [0.25, 0.3) is 5.91 Å². The number of amides is 2. The van der Waals surface area contributed by atoms with Gasteiger partial charge >= 0.3 is 0 Å². The van der Waals surface area contributed by atoms with Crippen LogP contribution in [0.1, 0.15) is 45.6 Å². The lowest BCUT2D eigenvalue weighted by molar-refractivity contribution is -0.120. The Balaban J connectivity index is 1.55. The third-order valence-corrected chi connectivity index (χ3v) is 5.68. The molecule has 0 fully saturated rings. The number of aryl methyl sites for hydroxylation is 3. The maximum Gasteiger partial charge on any atom is 0.259 e. The lowest BCUT2D eigenvalue weighted by atomic mass is 9.96. The number of nitrogens with zero attached hydrogens (tertiary/aromatic N) is 1. The first kappa shape index (κ1) is 18.2. The van der Waals surface area contributed by atoms with Gasteiger partial charge in [0.15, 0.2) is 0 Å². The molecule has 142 valence electrons. The summed E-state index contributed by atoms with van der Waals surface area (Å²) in [5.74, 6) is -0.278. The predicted octanol–water partition coefficient (Wildman–Crippen LogP) is 4.60. The molecule has 3 aromatic rings. The van der Waals surface area contributed by atoms with E-state index >= 15 is 0 Å². The average Bonchev–Trinajstić information content (AvgIpc) is 2.92. The van der Waals surface area contributed by atoms with Crippen LogP contribution in [0.2, 0.25) is 0 Å². The Morgan fingerprint density at radius 2 is 1.68 bits per heavy atom. The normalized spacial score (nSPS) is 13.9. The molecule has 28 heavy (non-hydrogen) atoms. The number of benzene rings is 3. The summed E-state index contributed by atoms with van der Waals surface area (Å²) in [4.78, 5) is 27.2. The van der Waals surface area contributed by atoms with Crippen LogP contribution in [0.4, 0.5) is 5.69 Å². The Morgan fingerprint density at radius 1 is 1.00 bits per heavy atom. The maximum absolute atomic E-state index is 12.9. The molecule has 1 aliphatic rings. The first-order valence-corrected chi connectivity index (χ1v) is 9.57. The second kappa shape index (κ2) is 6.79. The number of anilines is 1. The molecule has 4 heteroatoms. The molecule has 4 rings (SSSR count). The first-order chi connectivity index (χ1) is 13.4. The summed E-state index contributed by atoms with van der Waals surface area (Å²) in [6.07, 6.45) is 0. The zero-order valence-corrected chi connectivity index (χ0v) is 16.7. The molecule has 0 saturated heterocycles. The lowest BCUT2D eigenvalue weighted by Crippen LogP contribution is -2.40. The monoisotopic (exact) mass is 372 g/mol. The van der Waals surface area contributed by atoms with E-state index in [1.165, 1.54) is 11.1 Å². The fourth-order valence-electron chi connectivity index (χ4n) is 4.09. The van der Waals surface area contributed by atoms with Gasteiger partial charge in [-0.3, -0.25) is 14.5 Å². The van der Waals surface area contributed by atoms with E-state index in [4.69, 9.17) is 0 Å². The predicted molar refractivity (Wildman–Crippen MR) is 113 cm³/mol. The van der Waals surface area contributed by atoms with E-state index in [9.17, 15) is 9.59 Å². The second-order valence-electron chi connectivity index (χ2n) is 7.65. The molecule has 0 unspecified atom stereocenters. The molecule has 0 aromatic heterocycles. The largest absolute Gasteiger partial charge is 0.348 e. The van der Waals surface area contributed by atoms with Crippen LogP contribution in [-0.4, -0.2) is 18.4 Å². The van der Waals surface area contributed by atoms with Crippen molar-refractivity contribution in [3.05, 3.63) is 76.3 Å². The van der Waals surface area contributed by atoms with Gasteiger partial charge in [-0.15, -0.1) is 0 Å². The molecule has 0 spiro atoms. The van der Waals surface area contributed by atoms with Crippen molar-refractivity contribution in [2.24, 2.45) is 0 Å². The summed E-state index contributed by atoms with van der Waals surface area (Å²) in [6.45, 7) is 8.23. The Hall–Kier alpha value is -3.14. The zero-order valence-electron chi connectivity index (χ0n) is 16.7. The van der Waals surface area contributed by atoms with Gasteiger partial charge in [0.05, 0.1) is 11.7 Å². The molecule has 1 atom stereocenters. The summed E-state index contributed by atoms with van der Waals surface area (Å²) in [7, 11) is 0. The Bertz CT molecular complexity index is 1110. The van der Waals surface area contributed by atoms with Gasteiger partial charge < -0.3 is 5.32 Å². The molecule has 3 aromatic carbocycles. The van der Waals surface area contributed by atoms with E-state index in [-0.39, 0.29) is 24.4 Å². The van der Waals surface area contributed by atoms with Gasteiger partial charge in [-0.05, 0) is 67.5 Å². The SMILES string of the molecule is Cc1cc(C)c([C@@H](C)NC(=O)CN2C(=O)c3cccc4cccc2c34)cc1C. The van der Waals surface area contributed by atoms with E-state index in [1.54, 1.807) is 4.90 Å². The van der Waals surface area contributed by atoms with Crippen LogP contribution in [0, 0.1) is 20.8 Å². The van der Waals surface area contributed by atoms with E-state index in [1.807, 2.05) is 43.3 Å². The quantitative estimate of drug-likeness (QED) is 0.727. The minimum atomic E-state index is -0.164. The number of carbonyl (C=O) groups is 2. The molecule has 2 amide bonds. The Labute approximate surface area is 165 Å². The van der Waals surface area contributed by atoms with Crippen LogP contribution in [-0.2, 0) is 4.79 Å². The topological polar surface area (TPSA) is 49.4 Å². The van der Waals surface area contributed by atoms with Crippen LogP contribution in [0.15, 0.2) is 48.5 Å². The molecule has 1 heterocycles. The maximum atomic E-state index is 12.9. The van der Waals surface area contributed by atoms with Gasteiger partial charge in [-0.2, -0.15) is 0 Å². The number of rotatable bonds is 4. The summed E-state index contributed by atoms with van der Waals surface area (Å²) in [5, 5.41) is 5.01. The molecule has 0 radical (unpaired) electrons. The fourth-order valence-corrected chi connectivity index (χ4v) is 4.09. The molecule has 0 aliphatic carbocycles. The van der Waals surface area contributed by atoms with Gasteiger partial charge in [-0.25, -0.2) is 0 Å². The van der Waals surface area contributed by atoms with Crippen LogP contribution < -0.4 is 10.2 Å². The minimum absolute atomic E-state index is 0.0147. The highest BCUT2D eigenvalue weighted by atomic mass is 16.2. The molecular formula is C24H24N2O2. The second-order valence-corrected chi connectivity index (χ2v) is 7.65. The number of nitrogens with one attached hydrogen (secondary N) is 1. The average molecular weight is 372 g/mol. The first-order valence-electron chi connectivity index (χ1n) is 9.57. The molecule has 0 bridgehead atoms. The Morgan fingerprint density at radius 3 is 2.43 bits per heavy atom. The van der Waals surface area contributed by atoms with Gasteiger partial charge in [0.2, 0.25) is 5.91 Å². The standard InChI is InChI=1S/C24H24N2O2/c1-14-11-16(3)20(12-15(14)2)17(4)25-22(27)13-26-21-10-6-8-18-7-5-9-19(23(18)21)24(26)28/h5-12,17H,13H2,1-4H3,(H,25,27)/t17-/m1/s1. The highest BCUT2D eigenvalue weighted by Crippen LogP contribution is 2.36. The summed E-state index contributed by atoms with van der Waals surface area (Å²) in [5.41, 5.74) is 6.19.